The van der Waals surface area contributed by atoms with Crippen molar-refractivity contribution in [2.45, 2.75) is 50.7 Å². The van der Waals surface area contributed by atoms with Gasteiger partial charge in [0.1, 0.15) is 23.7 Å². The number of ketones is 1. The van der Waals surface area contributed by atoms with Crippen LogP contribution in [0.15, 0.2) is 85.3 Å². The Morgan fingerprint density at radius 2 is 1.54 bits per heavy atom. The molecule has 354 valence electrons. The van der Waals surface area contributed by atoms with Gasteiger partial charge in [0.05, 0.1) is 22.4 Å². The molecular formula is C49H50F3N9O6S. The van der Waals surface area contributed by atoms with E-state index >= 15 is 8.78 Å². The van der Waals surface area contributed by atoms with E-state index in [0.717, 1.165) is 103 Å². The van der Waals surface area contributed by atoms with Crippen molar-refractivity contribution in [3.8, 4) is 11.1 Å². The molecule has 7 heterocycles. The van der Waals surface area contributed by atoms with Crippen molar-refractivity contribution < 1.29 is 40.8 Å². The van der Waals surface area contributed by atoms with Crippen LogP contribution in [0, 0.1) is 17.6 Å². The van der Waals surface area contributed by atoms with Crippen molar-refractivity contribution >= 4 is 61.8 Å². The Bertz CT molecular complexity index is 2970. The summed E-state index contributed by atoms with van der Waals surface area (Å²) >= 11 is 0. The summed E-state index contributed by atoms with van der Waals surface area (Å²) in [6.45, 7) is 9.53. The molecule has 0 aliphatic carbocycles. The number of amides is 3. The molecule has 5 aromatic rings. The van der Waals surface area contributed by atoms with Crippen LogP contribution in [0.25, 0.3) is 22.2 Å². The van der Waals surface area contributed by atoms with E-state index in [1.807, 2.05) is 35.1 Å². The molecule has 68 heavy (non-hydrogen) atoms. The number of carbonyl (C=O) groups excluding carboxylic acids is 4. The molecule has 0 bridgehead atoms. The largest absolute Gasteiger partial charge is 0.372 e. The Balaban J connectivity index is 0.715. The van der Waals surface area contributed by atoms with Crippen molar-refractivity contribution in [3.63, 3.8) is 0 Å². The number of piperazine rings is 1. The monoisotopic (exact) mass is 949 g/mol. The second kappa shape index (κ2) is 18.2. The molecule has 10 rings (SSSR count). The predicted molar refractivity (Wildman–Crippen MR) is 250 cm³/mol. The molecule has 19 heteroatoms. The molecule has 0 spiro atoms. The molecule has 2 atom stereocenters. The summed E-state index contributed by atoms with van der Waals surface area (Å²) in [6, 6.07) is 16.0. The third kappa shape index (κ3) is 8.62. The zero-order valence-electron chi connectivity index (χ0n) is 37.1. The summed E-state index contributed by atoms with van der Waals surface area (Å²) in [6.07, 6.45) is 5.73. The first-order valence-corrected chi connectivity index (χ1v) is 24.4. The summed E-state index contributed by atoms with van der Waals surface area (Å²) in [5.74, 6) is -4.19. The van der Waals surface area contributed by atoms with E-state index in [0.29, 0.717) is 52.2 Å². The lowest BCUT2D eigenvalue weighted by Gasteiger charge is -2.38. The minimum absolute atomic E-state index is 0.00227. The molecular weight excluding hydrogens is 900 g/mol. The molecule has 15 nitrogen and oxygen atoms in total. The number of aromatic amines is 1. The van der Waals surface area contributed by atoms with Crippen LogP contribution in [-0.2, 0) is 15.0 Å². The maximum atomic E-state index is 15.8. The number of carbonyl (C=O) groups is 4. The Kier molecular flexibility index (Phi) is 12.1. The first-order valence-electron chi connectivity index (χ1n) is 23.0. The van der Waals surface area contributed by atoms with Crippen LogP contribution < -0.4 is 19.8 Å². The minimum atomic E-state index is -4.36. The molecule has 3 aromatic carbocycles. The van der Waals surface area contributed by atoms with Gasteiger partial charge < -0.3 is 20.1 Å². The number of benzene rings is 3. The highest BCUT2D eigenvalue weighted by Crippen LogP contribution is 2.34. The number of alkyl halides is 1. The molecule has 0 radical (unpaired) electrons. The van der Waals surface area contributed by atoms with E-state index in [2.05, 4.69) is 36.6 Å². The van der Waals surface area contributed by atoms with Crippen LogP contribution in [0.1, 0.15) is 75.2 Å². The number of fused-ring (bicyclic) bond motifs is 2. The van der Waals surface area contributed by atoms with Gasteiger partial charge in [-0.25, -0.2) is 18.2 Å². The normalized spacial score (nSPS) is 21.0. The first kappa shape index (κ1) is 45.2. The zero-order valence-corrected chi connectivity index (χ0v) is 38.0. The fraction of sp³-hybridized carbons (Fsp3) is 0.367. The Morgan fingerprint density at radius 3 is 2.26 bits per heavy atom. The SMILES string of the molecule is C=C1CCC(N2C(=O)c3ccc(N4CCN(CCC5CCN(c6ccc(-c7cnc8[nH]cc(C(=O)c9c(F)ccc(NS(=O)(=O)N%10CC[C@@H](F)C%10)c9F)c8c7)cc6)CC5)CC4)cc3C2=O)C(=O)N1. The lowest BCUT2D eigenvalue weighted by atomic mass is 9.92. The van der Waals surface area contributed by atoms with Gasteiger partial charge in [0.25, 0.3) is 11.8 Å². The maximum Gasteiger partial charge on any atom is 0.301 e. The van der Waals surface area contributed by atoms with Gasteiger partial charge in [0.15, 0.2) is 5.82 Å². The second-order valence-corrected chi connectivity index (χ2v) is 19.9. The van der Waals surface area contributed by atoms with Crippen molar-refractivity contribution in [1.29, 1.82) is 0 Å². The van der Waals surface area contributed by atoms with Crippen molar-refractivity contribution in [2.24, 2.45) is 5.92 Å². The topological polar surface area (TPSA) is 171 Å². The fourth-order valence-corrected chi connectivity index (χ4v) is 11.4. The van der Waals surface area contributed by atoms with Gasteiger partial charge in [0, 0.05) is 98.3 Å². The summed E-state index contributed by atoms with van der Waals surface area (Å²) < 4.78 is 73.1. The molecule has 4 saturated heterocycles. The maximum absolute atomic E-state index is 15.8. The van der Waals surface area contributed by atoms with Crippen LogP contribution >= 0.6 is 0 Å². The number of H-pyrrole nitrogens is 1. The third-order valence-corrected chi connectivity index (χ3v) is 15.6. The van der Waals surface area contributed by atoms with Crippen LogP contribution in [0.3, 0.4) is 0 Å². The van der Waals surface area contributed by atoms with E-state index in [-0.39, 0.29) is 31.0 Å². The van der Waals surface area contributed by atoms with Gasteiger partial charge in [-0.15, -0.1) is 0 Å². The number of hydrogen-bond acceptors (Lipinski definition) is 10. The van der Waals surface area contributed by atoms with Crippen LogP contribution in [0.2, 0.25) is 0 Å². The average molecular weight is 950 g/mol. The number of aromatic nitrogens is 2. The highest BCUT2D eigenvalue weighted by atomic mass is 32.2. The number of hydrogen-bond donors (Lipinski definition) is 3. The summed E-state index contributed by atoms with van der Waals surface area (Å²) in [5.41, 5.74) is 3.47. The zero-order chi connectivity index (χ0) is 47.4. The highest BCUT2D eigenvalue weighted by molar-refractivity contribution is 7.90. The summed E-state index contributed by atoms with van der Waals surface area (Å²) in [4.78, 5) is 68.6. The Morgan fingerprint density at radius 1 is 0.824 bits per heavy atom. The molecule has 4 fully saturated rings. The van der Waals surface area contributed by atoms with E-state index in [9.17, 15) is 32.0 Å². The van der Waals surface area contributed by atoms with E-state index in [4.69, 9.17) is 0 Å². The smallest absolute Gasteiger partial charge is 0.301 e. The number of rotatable bonds is 12. The standard InChI is InChI=1S/C49H50F3N9O6S/c1-29-2-11-42(47(63)55-29)61-48(64)36-8-7-35(25-38(36)49(61)65)59-22-20-57(21-23-59)16-12-30-13-17-58(18-14-30)34-5-3-31(4-6-34)32-24-37-39(27-54-46(37)53-26-32)45(62)43-40(51)9-10-41(44(43)52)56-68(66,67)60-19-15-33(50)28-60/h3-10,24-27,30,33,42,56H,1-2,11-23,28H2,(H,53,54)(H,55,63)/t33-,42?/m1/s1. The molecule has 5 aliphatic heterocycles. The number of allylic oxidation sites excluding steroid dienone is 1. The van der Waals surface area contributed by atoms with E-state index in [1.165, 1.54) is 6.20 Å². The van der Waals surface area contributed by atoms with Gasteiger partial charge in [-0.05, 0) is 105 Å². The Hall–Kier alpha value is -6.57. The number of nitrogens with one attached hydrogen (secondary N) is 3. The summed E-state index contributed by atoms with van der Waals surface area (Å²) in [7, 11) is -4.36. The number of anilines is 3. The minimum Gasteiger partial charge on any atom is -0.372 e. The van der Waals surface area contributed by atoms with Gasteiger partial charge >= 0.3 is 10.2 Å². The number of pyridine rings is 1. The van der Waals surface area contributed by atoms with Crippen LogP contribution in [0.5, 0.6) is 0 Å². The van der Waals surface area contributed by atoms with Gasteiger partial charge in [-0.1, -0.05) is 18.7 Å². The fourth-order valence-electron chi connectivity index (χ4n) is 10.1. The van der Waals surface area contributed by atoms with Gasteiger partial charge in [-0.3, -0.25) is 33.7 Å². The number of imide groups is 1. The lowest BCUT2D eigenvalue weighted by Crippen LogP contribution is -2.51. The second-order valence-electron chi connectivity index (χ2n) is 18.2. The number of nitrogens with zero attached hydrogens (tertiary/aromatic N) is 6. The van der Waals surface area contributed by atoms with Gasteiger partial charge in [-0.2, -0.15) is 12.7 Å². The molecule has 0 saturated carbocycles. The van der Waals surface area contributed by atoms with Crippen molar-refractivity contribution in [1.82, 2.24) is 29.4 Å². The number of piperidine rings is 2. The summed E-state index contributed by atoms with van der Waals surface area (Å²) in [5, 5.41) is 3.01. The molecule has 2 aromatic heterocycles. The van der Waals surface area contributed by atoms with Crippen LogP contribution in [0.4, 0.5) is 30.2 Å². The molecule has 1 unspecified atom stereocenters. The van der Waals surface area contributed by atoms with E-state index in [1.54, 1.807) is 24.4 Å². The first-order chi connectivity index (χ1) is 32.7. The van der Waals surface area contributed by atoms with Crippen molar-refractivity contribution in [3.05, 3.63) is 119 Å². The van der Waals surface area contributed by atoms with Crippen LogP contribution in [-0.4, -0.2) is 127 Å². The third-order valence-electron chi connectivity index (χ3n) is 14.1. The Labute approximate surface area is 391 Å². The molecule has 3 amide bonds. The van der Waals surface area contributed by atoms with E-state index < -0.39 is 62.9 Å². The van der Waals surface area contributed by atoms with Gasteiger partial charge in [0.2, 0.25) is 11.7 Å². The highest BCUT2D eigenvalue weighted by Gasteiger charge is 2.44. The lowest BCUT2D eigenvalue weighted by molar-refractivity contribution is -0.125. The van der Waals surface area contributed by atoms with Crippen molar-refractivity contribution in [2.75, 3.05) is 73.4 Å². The number of halogens is 3. The molecule has 3 N–H and O–H groups in total. The molecule has 5 aliphatic rings. The quantitative estimate of drug-likeness (QED) is 0.0959. The predicted octanol–water partition coefficient (Wildman–Crippen LogP) is 6.26. The average Bonchev–Trinajstić information content (AvgIpc) is 4.05.